The lowest BCUT2D eigenvalue weighted by atomic mass is 10.1. The van der Waals surface area contributed by atoms with Gasteiger partial charge >= 0.3 is 18.2 Å². The first-order chi connectivity index (χ1) is 14.2. The highest BCUT2D eigenvalue weighted by Crippen LogP contribution is 2.13. The summed E-state index contributed by atoms with van der Waals surface area (Å²) < 4.78 is 15.4. The molecule has 1 saturated heterocycles. The Kier molecular flexibility index (Phi) is 9.26. The second kappa shape index (κ2) is 11.0. The molecule has 3 N–H and O–H groups in total. The Labute approximate surface area is 181 Å². The molecule has 0 spiro atoms. The molecule has 0 saturated carbocycles. The van der Waals surface area contributed by atoms with Crippen LogP contribution in [0.3, 0.4) is 0 Å². The number of carbonyl (C=O) groups excluding carboxylic acids is 5. The summed E-state index contributed by atoms with van der Waals surface area (Å²) in [6, 6.07) is -1.08. The fourth-order valence-electron chi connectivity index (χ4n) is 2.52. The van der Waals surface area contributed by atoms with E-state index in [2.05, 4.69) is 16.0 Å². The third-order valence-electron chi connectivity index (χ3n) is 3.75. The average molecular weight is 443 g/mol. The van der Waals surface area contributed by atoms with Crippen LogP contribution in [0.1, 0.15) is 67.2 Å². The van der Waals surface area contributed by atoms with Gasteiger partial charge in [0.15, 0.2) is 6.10 Å². The molecule has 2 unspecified atom stereocenters. The highest BCUT2D eigenvalue weighted by Gasteiger charge is 2.36. The minimum atomic E-state index is -1.23. The van der Waals surface area contributed by atoms with Gasteiger partial charge in [-0.3, -0.25) is 14.9 Å². The van der Waals surface area contributed by atoms with Gasteiger partial charge in [-0.05, 0) is 60.8 Å². The van der Waals surface area contributed by atoms with E-state index in [0.29, 0.717) is 19.4 Å². The number of unbranched alkanes of at least 4 members (excludes halogenated alkanes) is 1. The number of amides is 4. The molecule has 4 amide bonds. The zero-order valence-corrected chi connectivity index (χ0v) is 19.0. The summed E-state index contributed by atoms with van der Waals surface area (Å²) in [5, 5.41) is 7.09. The van der Waals surface area contributed by atoms with Crippen molar-refractivity contribution in [3.8, 4) is 0 Å². The van der Waals surface area contributed by atoms with Crippen LogP contribution in [0.5, 0.6) is 0 Å². The molecule has 1 fully saturated rings. The fourth-order valence-corrected chi connectivity index (χ4v) is 2.52. The molecule has 0 aromatic carbocycles. The second-order valence-corrected chi connectivity index (χ2v) is 9.17. The van der Waals surface area contributed by atoms with Crippen LogP contribution in [0.15, 0.2) is 0 Å². The van der Waals surface area contributed by atoms with E-state index in [4.69, 9.17) is 14.2 Å². The number of hydrogen-bond acceptors (Lipinski definition) is 8. The van der Waals surface area contributed by atoms with E-state index in [1.807, 2.05) is 0 Å². The van der Waals surface area contributed by atoms with Crippen molar-refractivity contribution < 1.29 is 38.2 Å². The van der Waals surface area contributed by atoms with Crippen molar-refractivity contribution in [2.45, 2.75) is 90.6 Å². The van der Waals surface area contributed by atoms with Gasteiger partial charge in [-0.1, -0.05) is 0 Å². The van der Waals surface area contributed by atoms with Crippen LogP contribution >= 0.6 is 0 Å². The van der Waals surface area contributed by atoms with E-state index in [-0.39, 0.29) is 12.8 Å². The fraction of sp³-hybridized carbons (Fsp3) is 0.750. The van der Waals surface area contributed by atoms with Crippen molar-refractivity contribution in [2.24, 2.45) is 0 Å². The monoisotopic (exact) mass is 443 g/mol. The predicted molar refractivity (Wildman–Crippen MR) is 109 cm³/mol. The first-order valence-electron chi connectivity index (χ1n) is 10.2. The maximum atomic E-state index is 12.5. The van der Waals surface area contributed by atoms with Crippen molar-refractivity contribution >= 4 is 30.0 Å². The highest BCUT2D eigenvalue weighted by atomic mass is 16.6. The topological polar surface area (TPSA) is 149 Å². The van der Waals surface area contributed by atoms with Crippen molar-refractivity contribution in [3.63, 3.8) is 0 Å². The standard InChI is InChI=1S/C20H33N3O8/c1-19(2,3)30-17(27)21-10-8-7-9-12(22-18(28)31-20(4,5)6)16(26)29-13-11-14(24)23-15(13)25/h12-13H,7-11H2,1-6H3,(H,21,27)(H,22,28)(H,23,24,25). The van der Waals surface area contributed by atoms with E-state index in [9.17, 15) is 24.0 Å². The predicted octanol–water partition coefficient (Wildman–Crippen LogP) is 1.53. The molecule has 0 aromatic rings. The molecular weight excluding hydrogens is 410 g/mol. The number of carbonyl (C=O) groups is 5. The van der Waals surface area contributed by atoms with Crippen LogP contribution < -0.4 is 16.0 Å². The number of esters is 1. The van der Waals surface area contributed by atoms with Gasteiger partial charge in [0.2, 0.25) is 5.91 Å². The molecule has 2 atom stereocenters. The molecule has 1 rings (SSSR count). The molecule has 0 aliphatic carbocycles. The Morgan fingerprint density at radius 3 is 2.10 bits per heavy atom. The Hall–Kier alpha value is -2.85. The minimum absolute atomic E-state index is 0.177. The van der Waals surface area contributed by atoms with Crippen LogP contribution in [-0.2, 0) is 28.6 Å². The molecule has 0 bridgehead atoms. The summed E-state index contributed by atoms with van der Waals surface area (Å²) in [6.45, 7) is 10.6. The maximum Gasteiger partial charge on any atom is 0.408 e. The SMILES string of the molecule is CC(C)(C)OC(=O)NCCCCC(NC(=O)OC(C)(C)C)C(=O)OC1CC(=O)NC1=O. The average Bonchev–Trinajstić information content (AvgIpc) is 2.87. The van der Waals surface area contributed by atoms with Gasteiger partial charge < -0.3 is 24.8 Å². The van der Waals surface area contributed by atoms with Crippen LogP contribution in [0.2, 0.25) is 0 Å². The zero-order valence-electron chi connectivity index (χ0n) is 19.0. The Morgan fingerprint density at radius 1 is 1.00 bits per heavy atom. The summed E-state index contributed by atoms with van der Waals surface area (Å²) in [6.07, 6.45) is -1.72. The third kappa shape index (κ3) is 11.2. The van der Waals surface area contributed by atoms with E-state index in [1.165, 1.54) is 0 Å². The van der Waals surface area contributed by atoms with Crippen molar-refractivity contribution in [2.75, 3.05) is 6.54 Å². The summed E-state index contributed by atoms with van der Waals surface area (Å²) in [5.41, 5.74) is -1.38. The molecule has 11 heteroatoms. The largest absolute Gasteiger partial charge is 0.450 e. The van der Waals surface area contributed by atoms with Gasteiger partial charge in [0.05, 0.1) is 6.42 Å². The lowest BCUT2D eigenvalue weighted by molar-refractivity contribution is -0.156. The van der Waals surface area contributed by atoms with Gasteiger partial charge in [0, 0.05) is 6.54 Å². The van der Waals surface area contributed by atoms with E-state index in [1.54, 1.807) is 41.5 Å². The third-order valence-corrected chi connectivity index (χ3v) is 3.75. The highest BCUT2D eigenvalue weighted by molar-refractivity contribution is 6.05. The van der Waals surface area contributed by atoms with E-state index in [0.717, 1.165) is 0 Å². The van der Waals surface area contributed by atoms with Crippen molar-refractivity contribution in [1.29, 1.82) is 0 Å². The van der Waals surface area contributed by atoms with Crippen molar-refractivity contribution in [3.05, 3.63) is 0 Å². The zero-order chi connectivity index (χ0) is 23.8. The van der Waals surface area contributed by atoms with Crippen LogP contribution in [0, 0.1) is 0 Å². The van der Waals surface area contributed by atoms with Crippen LogP contribution in [0.4, 0.5) is 9.59 Å². The molecule has 1 aliphatic heterocycles. The number of rotatable bonds is 8. The normalized spacial score (nSPS) is 17.4. The smallest absolute Gasteiger partial charge is 0.408 e. The van der Waals surface area contributed by atoms with Gasteiger partial charge in [-0.25, -0.2) is 14.4 Å². The van der Waals surface area contributed by atoms with Crippen LogP contribution in [-0.4, -0.2) is 59.9 Å². The molecular formula is C20H33N3O8. The summed E-state index contributed by atoms with van der Waals surface area (Å²) in [4.78, 5) is 59.2. The van der Waals surface area contributed by atoms with Crippen molar-refractivity contribution in [1.82, 2.24) is 16.0 Å². The molecule has 1 aliphatic rings. The summed E-state index contributed by atoms with van der Waals surface area (Å²) in [5.74, 6) is -2.08. The van der Waals surface area contributed by atoms with Gasteiger partial charge in [0.1, 0.15) is 17.2 Å². The quantitative estimate of drug-likeness (QED) is 0.221. The number of nitrogens with one attached hydrogen (secondary N) is 3. The number of ether oxygens (including phenoxy) is 3. The summed E-state index contributed by atoms with van der Waals surface area (Å²) in [7, 11) is 0. The first kappa shape index (κ1) is 26.2. The Balaban J connectivity index is 2.58. The second-order valence-electron chi connectivity index (χ2n) is 9.17. The van der Waals surface area contributed by atoms with E-state index < -0.39 is 53.3 Å². The van der Waals surface area contributed by atoms with Crippen LogP contribution in [0.25, 0.3) is 0 Å². The van der Waals surface area contributed by atoms with Gasteiger partial charge in [-0.2, -0.15) is 0 Å². The minimum Gasteiger partial charge on any atom is -0.450 e. The lowest BCUT2D eigenvalue weighted by Crippen LogP contribution is -2.45. The number of hydrogen-bond donors (Lipinski definition) is 3. The van der Waals surface area contributed by atoms with E-state index >= 15 is 0 Å². The van der Waals surface area contributed by atoms with Gasteiger partial charge in [0.25, 0.3) is 5.91 Å². The Morgan fingerprint density at radius 2 is 1.58 bits per heavy atom. The molecule has 31 heavy (non-hydrogen) atoms. The number of alkyl carbamates (subject to hydrolysis) is 2. The Bertz CT molecular complexity index is 694. The first-order valence-corrected chi connectivity index (χ1v) is 10.2. The number of imide groups is 1. The molecule has 11 nitrogen and oxygen atoms in total. The van der Waals surface area contributed by atoms with Gasteiger partial charge in [-0.15, -0.1) is 0 Å². The molecule has 1 heterocycles. The molecule has 0 radical (unpaired) electrons. The summed E-state index contributed by atoms with van der Waals surface area (Å²) >= 11 is 0. The molecule has 176 valence electrons. The lowest BCUT2D eigenvalue weighted by Gasteiger charge is -2.23. The maximum absolute atomic E-state index is 12.5. The molecule has 0 aromatic heterocycles.